The summed E-state index contributed by atoms with van der Waals surface area (Å²) < 4.78 is 19.3. The Kier molecular flexibility index (Phi) is 2.53. The van der Waals surface area contributed by atoms with Crippen molar-refractivity contribution in [2.24, 2.45) is 17.8 Å². The summed E-state index contributed by atoms with van der Waals surface area (Å²) in [6.45, 7) is 2.11. The van der Waals surface area contributed by atoms with Crippen molar-refractivity contribution < 1.29 is 19.3 Å². The number of hydrogen-bond donors (Lipinski definition) is 1. The molecule has 1 N–H and O–H groups in total. The monoisotopic (exact) mass is 316 g/mol. The molecule has 4 nitrogen and oxygen atoms in total. The van der Waals surface area contributed by atoms with E-state index in [9.17, 15) is 5.11 Å². The standard InChI is InChI=1S/C14H20O4S2/c1-2-12-10-7-20-6-9-11(16-12)8-5-19-4-3-13(8,17-12)18-14(9,10)15/h8-11,15H,2-7H2,1H3/t8-,9-,10+,11-,12+,13-,14+/m0/s1. The van der Waals surface area contributed by atoms with Crippen molar-refractivity contribution in [2.75, 3.05) is 23.0 Å². The lowest BCUT2D eigenvalue weighted by Gasteiger charge is -2.73. The number of aliphatic hydroxyl groups is 1. The summed E-state index contributed by atoms with van der Waals surface area (Å²) in [6.07, 6.45) is 1.76. The smallest absolute Gasteiger partial charge is 0.183 e. The van der Waals surface area contributed by atoms with Crippen LogP contribution in [0.3, 0.4) is 0 Å². The molecule has 7 atom stereocenters. The maximum atomic E-state index is 11.3. The lowest BCUT2D eigenvalue weighted by molar-refractivity contribution is -0.584. The van der Waals surface area contributed by atoms with Crippen molar-refractivity contribution >= 4 is 23.5 Å². The van der Waals surface area contributed by atoms with Crippen LogP contribution >= 0.6 is 23.5 Å². The third-order valence-electron chi connectivity index (χ3n) is 5.90. The maximum absolute atomic E-state index is 11.3. The van der Waals surface area contributed by atoms with Crippen LogP contribution in [0.15, 0.2) is 0 Å². The summed E-state index contributed by atoms with van der Waals surface area (Å²) in [5.41, 5.74) is 0. The molecule has 0 aromatic rings. The average molecular weight is 316 g/mol. The van der Waals surface area contributed by atoms with Crippen LogP contribution < -0.4 is 0 Å². The summed E-state index contributed by atoms with van der Waals surface area (Å²) in [7, 11) is 0. The Balaban J connectivity index is 1.68. The molecule has 20 heavy (non-hydrogen) atoms. The molecule has 0 radical (unpaired) electrons. The van der Waals surface area contributed by atoms with Gasteiger partial charge in [0.15, 0.2) is 17.4 Å². The number of hydrogen-bond acceptors (Lipinski definition) is 6. The van der Waals surface area contributed by atoms with Gasteiger partial charge in [0.2, 0.25) is 0 Å². The highest BCUT2D eigenvalue weighted by Gasteiger charge is 2.78. The van der Waals surface area contributed by atoms with E-state index in [2.05, 4.69) is 6.92 Å². The molecule has 0 amide bonds. The molecule has 0 saturated carbocycles. The van der Waals surface area contributed by atoms with Crippen molar-refractivity contribution in [1.29, 1.82) is 0 Å². The Morgan fingerprint density at radius 3 is 2.85 bits per heavy atom. The van der Waals surface area contributed by atoms with E-state index >= 15 is 0 Å². The van der Waals surface area contributed by atoms with E-state index in [1.165, 1.54) is 0 Å². The molecule has 6 rings (SSSR count). The minimum absolute atomic E-state index is 0.0545. The second-order valence-electron chi connectivity index (χ2n) is 6.64. The third-order valence-corrected chi connectivity index (χ3v) is 8.16. The van der Waals surface area contributed by atoms with Gasteiger partial charge in [-0.05, 0) is 12.2 Å². The molecule has 6 aliphatic rings. The molecule has 6 saturated heterocycles. The highest BCUT2D eigenvalue weighted by Crippen LogP contribution is 2.67. The fraction of sp³-hybridized carbons (Fsp3) is 1.00. The van der Waals surface area contributed by atoms with Gasteiger partial charge in [-0.1, -0.05) is 6.92 Å². The normalized spacial score (nSPS) is 63.3. The average Bonchev–Trinajstić information content (AvgIpc) is 2.43. The summed E-state index contributed by atoms with van der Waals surface area (Å²) in [4.78, 5) is 0. The van der Waals surface area contributed by atoms with Crippen LogP contribution in [0.5, 0.6) is 0 Å². The first kappa shape index (κ1) is 13.0. The molecular weight excluding hydrogens is 296 g/mol. The summed E-state index contributed by atoms with van der Waals surface area (Å²) in [5, 5.41) is 11.3. The molecule has 6 bridgehead atoms. The molecule has 0 unspecified atom stereocenters. The zero-order valence-corrected chi connectivity index (χ0v) is 13.2. The molecule has 6 heterocycles. The van der Waals surface area contributed by atoms with Crippen LogP contribution in [0.25, 0.3) is 0 Å². The van der Waals surface area contributed by atoms with Crippen LogP contribution in [0.2, 0.25) is 0 Å². The fourth-order valence-corrected chi connectivity index (χ4v) is 7.75. The Morgan fingerprint density at radius 1 is 1.15 bits per heavy atom. The molecule has 6 aliphatic heterocycles. The van der Waals surface area contributed by atoms with Gasteiger partial charge in [-0.25, -0.2) is 0 Å². The molecular formula is C14H20O4S2. The van der Waals surface area contributed by atoms with E-state index < -0.39 is 17.4 Å². The quantitative estimate of drug-likeness (QED) is 0.794. The predicted molar refractivity (Wildman–Crippen MR) is 77.5 cm³/mol. The van der Waals surface area contributed by atoms with E-state index in [-0.39, 0.29) is 23.9 Å². The first-order valence-corrected chi connectivity index (χ1v) is 9.90. The van der Waals surface area contributed by atoms with Gasteiger partial charge in [-0.3, -0.25) is 0 Å². The lowest BCUT2D eigenvalue weighted by atomic mass is 9.66. The van der Waals surface area contributed by atoms with E-state index in [0.717, 1.165) is 35.9 Å². The first-order valence-electron chi connectivity index (χ1n) is 7.59. The van der Waals surface area contributed by atoms with E-state index in [4.69, 9.17) is 14.2 Å². The summed E-state index contributed by atoms with van der Waals surface area (Å²) in [5.74, 6) is 1.95. The molecule has 6 heteroatoms. The SMILES string of the molecule is CC[C@@]12O[C@H]3[C@@H]4CSCC[C@]4(O1)O[C@@]1(O)[C@@H]2CSC[C@@H]31. The number of rotatable bonds is 1. The second kappa shape index (κ2) is 3.89. The highest BCUT2D eigenvalue weighted by molar-refractivity contribution is 7.99. The number of thioether (sulfide) groups is 2. The minimum Gasteiger partial charge on any atom is -0.365 e. The highest BCUT2D eigenvalue weighted by atomic mass is 32.2. The van der Waals surface area contributed by atoms with E-state index in [1.54, 1.807) is 0 Å². The van der Waals surface area contributed by atoms with Crippen LogP contribution in [0, 0.1) is 17.8 Å². The predicted octanol–water partition coefficient (Wildman–Crippen LogP) is 1.67. The van der Waals surface area contributed by atoms with Crippen molar-refractivity contribution in [3.8, 4) is 0 Å². The zero-order chi connectivity index (χ0) is 13.6. The largest absolute Gasteiger partial charge is 0.365 e. The maximum Gasteiger partial charge on any atom is 0.183 e. The van der Waals surface area contributed by atoms with Crippen LogP contribution in [-0.4, -0.2) is 51.6 Å². The summed E-state index contributed by atoms with van der Waals surface area (Å²) >= 11 is 3.87. The Bertz CT molecular complexity index is 442. The first-order chi connectivity index (χ1) is 9.64. The van der Waals surface area contributed by atoms with E-state index in [0.29, 0.717) is 0 Å². The lowest BCUT2D eigenvalue weighted by Crippen LogP contribution is -2.85. The Hall–Kier alpha value is 0.540. The van der Waals surface area contributed by atoms with Crippen molar-refractivity contribution in [2.45, 2.75) is 43.2 Å². The second-order valence-corrected chi connectivity index (χ2v) is 8.87. The van der Waals surface area contributed by atoms with Gasteiger partial charge in [0.05, 0.1) is 12.0 Å². The molecule has 0 aliphatic carbocycles. The van der Waals surface area contributed by atoms with Crippen LogP contribution in [0.1, 0.15) is 19.8 Å². The van der Waals surface area contributed by atoms with Crippen molar-refractivity contribution in [3.05, 3.63) is 0 Å². The van der Waals surface area contributed by atoms with Crippen molar-refractivity contribution in [1.82, 2.24) is 0 Å². The number of ether oxygens (including phenoxy) is 3. The van der Waals surface area contributed by atoms with Gasteiger partial charge in [0.1, 0.15) is 0 Å². The van der Waals surface area contributed by atoms with Gasteiger partial charge < -0.3 is 19.3 Å². The molecule has 0 aromatic heterocycles. The topological polar surface area (TPSA) is 47.9 Å². The minimum atomic E-state index is -1.03. The van der Waals surface area contributed by atoms with Gasteiger partial charge in [0.25, 0.3) is 0 Å². The zero-order valence-electron chi connectivity index (χ0n) is 11.5. The molecule has 6 fully saturated rings. The Morgan fingerprint density at radius 2 is 2.00 bits per heavy atom. The van der Waals surface area contributed by atoms with Crippen molar-refractivity contribution in [3.63, 3.8) is 0 Å². The van der Waals surface area contributed by atoms with Gasteiger partial charge in [-0.2, -0.15) is 23.5 Å². The Labute approximate surface area is 127 Å². The summed E-state index contributed by atoms with van der Waals surface area (Å²) in [6, 6.07) is 0. The van der Waals surface area contributed by atoms with Gasteiger partial charge in [-0.15, -0.1) is 0 Å². The molecule has 0 aromatic carbocycles. The van der Waals surface area contributed by atoms with Crippen LogP contribution in [0.4, 0.5) is 0 Å². The molecule has 112 valence electrons. The van der Waals surface area contributed by atoms with Gasteiger partial charge in [0, 0.05) is 35.5 Å². The van der Waals surface area contributed by atoms with E-state index in [1.807, 2.05) is 23.5 Å². The molecule has 1 spiro atoms. The van der Waals surface area contributed by atoms with Crippen LogP contribution in [-0.2, 0) is 14.2 Å². The fourth-order valence-electron chi connectivity index (χ4n) is 4.91. The third kappa shape index (κ3) is 1.29. The van der Waals surface area contributed by atoms with Gasteiger partial charge >= 0.3 is 0 Å².